The third-order valence-electron chi connectivity index (χ3n) is 4.22. The topological polar surface area (TPSA) is 75.7 Å². The minimum atomic E-state index is -3.43. The Morgan fingerprint density at radius 3 is 2.50 bits per heavy atom. The fourth-order valence-corrected chi connectivity index (χ4v) is 4.52. The molecule has 0 unspecified atom stereocenters. The van der Waals surface area contributed by atoms with Gasteiger partial charge < -0.3 is 10.1 Å². The Balaban J connectivity index is 0.00000288. The summed E-state index contributed by atoms with van der Waals surface area (Å²) in [6.45, 7) is 1.99. The standard InChI is InChI=1S/C16H24N2O4S.ClH/c1-17-11-13-7-9-18(10-8-13)23(20,21)12-14-5-3-4-6-15(14)16(19)22-2;/h3-6,13,17H,7-12H2,1-2H3;1H. The van der Waals surface area contributed by atoms with Gasteiger partial charge in [0.1, 0.15) is 0 Å². The molecule has 1 aliphatic heterocycles. The molecule has 1 aromatic rings. The van der Waals surface area contributed by atoms with Gasteiger partial charge in [-0.05, 0) is 44.0 Å². The van der Waals surface area contributed by atoms with Gasteiger partial charge in [-0.3, -0.25) is 0 Å². The molecule has 1 fully saturated rings. The molecule has 6 nitrogen and oxygen atoms in total. The molecule has 136 valence electrons. The third-order valence-corrected chi connectivity index (χ3v) is 6.05. The van der Waals surface area contributed by atoms with E-state index in [1.165, 1.54) is 11.4 Å². The van der Waals surface area contributed by atoms with Gasteiger partial charge in [0.25, 0.3) is 0 Å². The van der Waals surface area contributed by atoms with Crippen molar-refractivity contribution in [2.24, 2.45) is 5.92 Å². The van der Waals surface area contributed by atoms with Gasteiger partial charge in [-0.25, -0.2) is 17.5 Å². The quantitative estimate of drug-likeness (QED) is 0.764. The van der Waals surface area contributed by atoms with Crippen molar-refractivity contribution in [3.8, 4) is 0 Å². The number of carbonyl (C=O) groups excluding carboxylic acids is 1. The Bertz CT molecular complexity index is 643. The lowest BCUT2D eigenvalue weighted by Gasteiger charge is -2.31. The number of benzene rings is 1. The molecule has 1 saturated heterocycles. The number of halogens is 1. The van der Waals surface area contributed by atoms with Gasteiger partial charge in [-0.2, -0.15) is 0 Å². The summed E-state index contributed by atoms with van der Waals surface area (Å²) in [5, 5.41) is 3.14. The van der Waals surface area contributed by atoms with Gasteiger partial charge in [0.15, 0.2) is 0 Å². The summed E-state index contributed by atoms with van der Waals surface area (Å²) in [6, 6.07) is 6.69. The molecule has 0 aliphatic carbocycles. The van der Waals surface area contributed by atoms with E-state index >= 15 is 0 Å². The van der Waals surface area contributed by atoms with Crippen molar-refractivity contribution in [3.05, 3.63) is 35.4 Å². The predicted octanol–water partition coefficient (Wildman–Crippen LogP) is 1.66. The number of hydrogen-bond donors (Lipinski definition) is 1. The van der Waals surface area contributed by atoms with Gasteiger partial charge in [0.05, 0.1) is 18.4 Å². The zero-order chi connectivity index (χ0) is 16.9. The second kappa shape index (κ2) is 9.36. The first kappa shape index (κ1) is 20.9. The minimum absolute atomic E-state index is 0. The number of sulfonamides is 1. The van der Waals surface area contributed by atoms with Gasteiger partial charge in [0, 0.05) is 13.1 Å². The second-order valence-corrected chi connectivity index (χ2v) is 7.77. The number of carbonyl (C=O) groups is 1. The molecule has 8 heteroatoms. The van der Waals surface area contributed by atoms with Crippen LogP contribution in [0.3, 0.4) is 0 Å². The lowest BCUT2D eigenvalue weighted by Crippen LogP contribution is -2.41. The average Bonchev–Trinajstić information content (AvgIpc) is 2.55. The van der Waals surface area contributed by atoms with Gasteiger partial charge >= 0.3 is 5.97 Å². The first-order valence-corrected chi connectivity index (χ1v) is 9.37. The Morgan fingerprint density at radius 1 is 1.29 bits per heavy atom. The highest BCUT2D eigenvalue weighted by Gasteiger charge is 2.29. The Morgan fingerprint density at radius 2 is 1.92 bits per heavy atom. The van der Waals surface area contributed by atoms with Crippen LogP contribution >= 0.6 is 12.4 Å². The first-order chi connectivity index (χ1) is 11.0. The Hall–Kier alpha value is -1.15. The van der Waals surface area contributed by atoms with Crippen molar-refractivity contribution >= 4 is 28.4 Å². The molecule has 0 radical (unpaired) electrons. The first-order valence-electron chi connectivity index (χ1n) is 7.76. The van der Waals surface area contributed by atoms with Crippen LogP contribution in [-0.4, -0.2) is 52.5 Å². The maximum atomic E-state index is 12.6. The van der Waals surface area contributed by atoms with Crippen molar-refractivity contribution in [3.63, 3.8) is 0 Å². The van der Waals surface area contributed by atoms with Crippen LogP contribution in [0.5, 0.6) is 0 Å². The van der Waals surface area contributed by atoms with Gasteiger partial charge in [-0.15, -0.1) is 12.4 Å². The summed E-state index contributed by atoms with van der Waals surface area (Å²) in [7, 11) is -0.232. The average molecular weight is 377 g/mol. The summed E-state index contributed by atoms with van der Waals surface area (Å²) < 4.78 is 31.5. The monoisotopic (exact) mass is 376 g/mol. The number of methoxy groups -OCH3 is 1. The molecule has 1 heterocycles. The van der Waals surface area contributed by atoms with Crippen LogP contribution in [0.2, 0.25) is 0 Å². The van der Waals surface area contributed by atoms with Crippen molar-refractivity contribution in [1.29, 1.82) is 0 Å². The molecule has 0 aromatic heterocycles. The molecular weight excluding hydrogens is 352 g/mol. The van der Waals surface area contributed by atoms with E-state index in [0.717, 1.165) is 19.4 Å². The van der Waals surface area contributed by atoms with E-state index in [9.17, 15) is 13.2 Å². The van der Waals surface area contributed by atoms with Crippen LogP contribution < -0.4 is 5.32 Å². The van der Waals surface area contributed by atoms with Crippen molar-refractivity contribution in [1.82, 2.24) is 9.62 Å². The minimum Gasteiger partial charge on any atom is -0.465 e. The van der Waals surface area contributed by atoms with Crippen LogP contribution in [-0.2, 0) is 20.5 Å². The van der Waals surface area contributed by atoms with E-state index in [0.29, 0.717) is 30.1 Å². The summed E-state index contributed by atoms with van der Waals surface area (Å²) in [4.78, 5) is 11.8. The van der Waals surface area contributed by atoms with Crippen molar-refractivity contribution in [2.45, 2.75) is 18.6 Å². The van der Waals surface area contributed by atoms with Gasteiger partial charge in [0.2, 0.25) is 10.0 Å². The van der Waals surface area contributed by atoms with Crippen LogP contribution in [0.1, 0.15) is 28.8 Å². The zero-order valence-corrected chi connectivity index (χ0v) is 15.7. The molecule has 1 aromatic carbocycles. The molecule has 1 N–H and O–H groups in total. The van der Waals surface area contributed by atoms with E-state index in [2.05, 4.69) is 5.32 Å². The zero-order valence-electron chi connectivity index (χ0n) is 14.0. The number of hydrogen-bond acceptors (Lipinski definition) is 5. The van der Waals surface area contributed by atoms with Crippen LogP contribution in [0.4, 0.5) is 0 Å². The molecule has 2 rings (SSSR count). The summed E-state index contributed by atoms with van der Waals surface area (Å²) in [5.41, 5.74) is 0.792. The lowest BCUT2D eigenvalue weighted by atomic mass is 9.98. The van der Waals surface area contributed by atoms with Crippen molar-refractivity contribution < 1.29 is 17.9 Å². The highest BCUT2D eigenvalue weighted by Crippen LogP contribution is 2.22. The number of rotatable bonds is 6. The van der Waals surface area contributed by atoms with Crippen LogP contribution in [0.25, 0.3) is 0 Å². The highest BCUT2D eigenvalue weighted by molar-refractivity contribution is 7.88. The molecular formula is C16H25ClN2O4S. The van der Waals surface area contributed by atoms with E-state index in [-0.39, 0.29) is 18.2 Å². The van der Waals surface area contributed by atoms with E-state index in [4.69, 9.17) is 4.74 Å². The largest absolute Gasteiger partial charge is 0.465 e. The fraction of sp³-hybridized carbons (Fsp3) is 0.562. The van der Waals surface area contributed by atoms with Crippen LogP contribution in [0.15, 0.2) is 24.3 Å². The summed E-state index contributed by atoms with van der Waals surface area (Å²) in [6.07, 6.45) is 1.72. The Kier molecular flexibility index (Phi) is 8.15. The van der Waals surface area contributed by atoms with E-state index in [1.807, 2.05) is 7.05 Å². The summed E-state index contributed by atoms with van der Waals surface area (Å²) >= 11 is 0. The SMILES string of the molecule is CNCC1CCN(S(=O)(=O)Cc2ccccc2C(=O)OC)CC1.Cl. The highest BCUT2D eigenvalue weighted by atomic mass is 35.5. The molecule has 0 spiro atoms. The number of esters is 1. The third kappa shape index (κ3) is 5.17. The molecule has 0 atom stereocenters. The predicted molar refractivity (Wildman–Crippen MR) is 95.9 cm³/mol. The van der Waals surface area contributed by atoms with Gasteiger partial charge in [-0.1, -0.05) is 18.2 Å². The fourth-order valence-electron chi connectivity index (χ4n) is 2.92. The van der Waals surface area contributed by atoms with E-state index in [1.54, 1.807) is 24.3 Å². The molecule has 24 heavy (non-hydrogen) atoms. The molecule has 0 bridgehead atoms. The maximum Gasteiger partial charge on any atom is 0.338 e. The maximum absolute atomic E-state index is 12.6. The number of nitrogens with one attached hydrogen (secondary N) is 1. The molecule has 0 saturated carbocycles. The Labute approximate surface area is 150 Å². The van der Waals surface area contributed by atoms with E-state index < -0.39 is 16.0 Å². The van der Waals surface area contributed by atoms with Crippen molar-refractivity contribution in [2.75, 3.05) is 33.8 Å². The number of nitrogens with zero attached hydrogens (tertiary/aromatic N) is 1. The summed E-state index contributed by atoms with van der Waals surface area (Å²) in [5.74, 6) is -0.160. The normalized spacial score (nSPS) is 16.4. The number of ether oxygens (including phenoxy) is 1. The smallest absolute Gasteiger partial charge is 0.338 e. The lowest BCUT2D eigenvalue weighted by molar-refractivity contribution is 0.0600. The molecule has 1 aliphatic rings. The molecule has 0 amide bonds. The number of piperidine rings is 1. The second-order valence-electron chi connectivity index (χ2n) is 5.81. The van der Waals surface area contributed by atoms with Crippen LogP contribution in [0, 0.1) is 5.92 Å².